The minimum Gasteiger partial charge on any atom is -0.465 e. The molecule has 0 fully saturated rings. The fourth-order valence-electron chi connectivity index (χ4n) is 1.51. The summed E-state index contributed by atoms with van der Waals surface area (Å²) < 4.78 is 21.0. The lowest BCUT2D eigenvalue weighted by Crippen LogP contribution is -2.22. The molecule has 0 aromatic carbocycles. The second-order valence-electron chi connectivity index (χ2n) is 3.70. The molecule has 20 heavy (non-hydrogen) atoms. The Morgan fingerprint density at radius 2 is 2.45 bits per heavy atom. The van der Waals surface area contributed by atoms with Crippen molar-refractivity contribution in [3.63, 3.8) is 0 Å². The molecule has 10 heteroatoms. The van der Waals surface area contributed by atoms with Crippen LogP contribution < -0.4 is 10.4 Å². The van der Waals surface area contributed by atoms with Gasteiger partial charge in [-0.05, 0) is 10.4 Å². The van der Waals surface area contributed by atoms with Crippen molar-refractivity contribution in [2.45, 2.75) is 6.61 Å². The summed E-state index contributed by atoms with van der Waals surface area (Å²) in [5, 5.41) is 9.39. The van der Waals surface area contributed by atoms with Crippen molar-refractivity contribution in [1.29, 1.82) is 0 Å². The summed E-state index contributed by atoms with van der Waals surface area (Å²) >= 11 is 3.24. The Morgan fingerprint density at radius 1 is 1.60 bits per heavy atom. The number of aryl methyl sites for hydroxylation is 1. The SMILES string of the molecule is [3H]c1csc(OCc2c(-n3nnn(C)c3=O)coc2I)n1. The minimum absolute atomic E-state index is 0.153. The number of furan rings is 1. The highest BCUT2D eigenvalue weighted by Crippen LogP contribution is 2.24. The van der Waals surface area contributed by atoms with Gasteiger partial charge in [0.1, 0.15) is 18.6 Å². The molecule has 0 unspecified atom stereocenters. The van der Waals surface area contributed by atoms with Gasteiger partial charge in [0.2, 0.25) is 0 Å². The molecule has 0 aliphatic heterocycles. The number of hydrogen-bond donors (Lipinski definition) is 0. The van der Waals surface area contributed by atoms with Gasteiger partial charge in [-0.1, -0.05) is 11.3 Å². The first-order valence-electron chi connectivity index (χ1n) is 5.86. The molecular weight excluding hydrogens is 397 g/mol. The number of thiazole rings is 1. The number of halogens is 1. The monoisotopic (exact) mass is 407 g/mol. The van der Waals surface area contributed by atoms with Crippen LogP contribution in [0.1, 0.15) is 6.93 Å². The van der Waals surface area contributed by atoms with Crippen LogP contribution in [0.3, 0.4) is 0 Å². The van der Waals surface area contributed by atoms with Crippen LogP contribution in [0.25, 0.3) is 5.69 Å². The Morgan fingerprint density at radius 3 is 3.10 bits per heavy atom. The number of nitrogens with zero attached hydrogens (tertiary/aromatic N) is 5. The highest BCUT2D eigenvalue weighted by Gasteiger charge is 2.18. The topological polar surface area (TPSA) is 88.0 Å². The third kappa shape index (κ3) is 2.35. The number of aromatic nitrogens is 5. The average molecular weight is 407 g/mol. The van der Waals surface area contributed by atoms with Gasteiger partial charge in [-0.15, -0.1) is 0 Å². The zero-order valence-corrected chi connectivity index (χ0v) is 13.1. The van der Waals surface area contributed by atoms with Gasteiger partial charge in [0, 0.05) is 41.2 Å². The van der Waals surface area contributed by atoms with Gasteiger partial charge in [0.15, 0.2) is 3.77 Å². The van der Waals surface area contributed by atoms with Gasteiger partial charge in [-0.3, -0.25) is 0 Å². The van der Waals surface area contributed by atoms with E-state index in [-0.39, 0.29) is 18.5 Å². The van der Waals surface area contributed by atoms with Gasteiger partial charge in [0.05, 0.1) is 6.93 Å². The summed E-state index contributed by atoms with van der Waals surface area (Å²) in [4.78, 5) is 15.8. The van der Waals surface area contributed by atoms with Crippen LogP contribution >= 0.6 is 33.9 Å². The molecule has 0 atom stereocenters. The number of rotatable bonds is 4. The molecule has 0 radical (unpaired) electrons. The number of tetrazole rings is 1. The standard InChI is InChI=1S/C10H8IN5O3S/c1-15-10(17)16(14-13-15)7-5-18-8(11)6(7)4-19-9-12-2-3-20-9/h2-3,5H,4H2,1H3/i2T. The average Bonchev–Trinajstić information content (AvgIpc) is 3.11. The smallest absolute Gasteiger partial charge is 0.368 e. The van der Waals surface area contributed by atoms with Crippen LogP contribution in [0.2, 0.25) is 0 Å². The first-order valence-corrected chi connectivity index (χ1v) is 7.32. The molecule has 0 amide bonds. The summed E-state index contributed by atoms with van der Waals surface area (Å²) in [7, 11) is 1.51. The van der Waals surface area contributed by atoms with E-state index in [2.05, 4.69) is 15.4 Å². The zero-order valence-electron chi connectivity index (χ0n) is 11.1. The quantitative estimate of drug-likeness (QED) is 0.604. The normalized spacial score (nSPS) is 11.6. The highest BCUT2D eigenvalue weighted by atomic mass is 127. The van der Waals surface area contributed by atoms with Crippen LogP contribution in [0.5, 0.6) is 5.19 Å². The molecule has 8 nitrogen and oxygen atoms in total. The Kier molecular flexibility index (Phi) is 3.24. The lowest BCUT2D eigenvalue weighted by Gasteiger charge is -2.03. The molecular formula is C10H8IN5O3S. The van der Waals surface area contributed by atoms with E-state index in [1.165, 1.54) is 24.6 Å². The second-order valence-corrected chi connectivity index (χ2v) is 5.50. The summed E-state index contributed by atoms with van der Waals surface area (Å²) in [6.45, 7) is 0.153. The van der Waals surface area contributed by atoms with E-state index in [0.717, 1.165) is 9.36 Å². The molecule has 3 rings (SSSR count). The molecule has 0 aliphatic carbocycles. The Bertz CT molecular complexity index is 838. The van der Waals surface area contributed by atoms with E-state index >= 15 is 0 Å². The molecule has 0 saturated heterocycles. The minimum atomic E-state index is -0.379. The zero-order chi connectivity index (χ0) is 15.0. The molecule has 0 aliphatic rings. The van der Waals surface area contributed by atoms with E-state index in [9.17, 15) is 4.79 Å². The summed E-state index contributed by atoms with van der Waals surface area (Å²) in [6, 6.07) is 0. The van der Waals surface area contributed by atoms with Crippen LogP contribution in [0.4, 0.5) is 0 Å². The Hall–Kier alpha value is -1.69. The summed E-state index contributed by atoms with van der Waals surface area (Å²) in [5.74, 6) is 0. The van der Waals surface area contributed by atoms with Crippen molar-refractivity contribution >= 4 is 33.9 Å². The molecule has 3 heterocycles. The maximum absolute atomic E-state index is 11.9. The van der Waals surface area contributed by atoms with Crippen molar-refractivity contribution in [3.05, 3.63) is 37.6 Å². The van der Waals surface area contributed by atoms with Crippen molar-refractivity contribution in [2.75, 3.05) is 0 Å². The number of ether oxygens (including phenoxy) is 1. The first kappa shape index (κ1) is 12.1. The van der Waals surface area contributed by atoms with Crippen LogP contribution in [0.15, 0.2) is 27.0 Å². The predicted molar refractivity (Wildman–Crippen MR) is 78.0 cm³/mol. The predicted octanol–water partition coefficient (Wildman–Crippen LogP) is 1.20. The molecule has 104 valence electrons. The fraction of sp³-hybridized carbons (Fsp3) is 0.200. The summed E-state index contributed by atoms with van der Waals surface area (Å²) in [6.07, 6.45) is 1.58. The van der Waals surface area contributed by atoms with Crippen molar-refractivity contribution in [1.82, 2.24) is 24.8 Å². The van der Waals surface area contributed by atoms with E-state index in [4.69, 9.17) is 10.5 Å². The third-order valence-corrected chi connectivity index (χ3v) is 4.02. The lowest BCUT2D eigenvalue weighted by atomic mass is 10.3. The van der Waals surface area contributed by atoms with Crippen LogP contribution in [-0.2, 0) is 13.7 Å². The van der Waals surface area contributed by atoms with E-state index in [1.54, 1.807) is 5.38 Å². The largest absolute Gasteiger partial charge is 0.465 e. The van der Waals surface area contributed by atoms with E-state index in [0.29, 0.717) is 20.2 Å². The van der Waals surface area contributed by atoms with Crippen LogP contribution in [-0.4, -0.2) is 24.8 Å². The molecule has 0 spiro atoms. The van der Waals surface area contributed by atoms with Gasteiger partial charge in [-0.2, -0.15) is 9.36 Å². The highest BCUT2D eigenvalue weighted by molar-refractivity contribution is 14.1. The third-order valence-electron chi connectivity index (χ3n) is 2.48. The first-order chi connectivity index (χ1) is 10.1. The molecule has 0 bridgehead atoms. The maximum atomic E-state index is 11.9. The molecule has 0 saturated carbocycles. The molecule has 3 aromatic rings. The lowest BCUT2D eigenvalue weighted by molar-refractivity contribution is 0.301. The van der Waals surface area contributed by atoms with Gasteiger partial charge in [0.25, 0.3) is 5.19 Å². The molecule has 3 aromatic heterocycles. The van der Waals surface area contributed by atoms with E-state index in [1.807, 2.05) is 22.6 Å². The Balaban J connectivity index is 1.90. The summed E-state index contributed by atoms with van der Waals surface area (Å²) in [5.41, 5.74) is 0.760. The van der Waals surface area contributed by atoms with Crippen LogP contribution in [0, 0.1) is 3.77 Å². The van der Waals surface area contributed by atoms with Gasteiger partial charge >= 0.3 is 5.69 Å². The Labute approximate surface area is 131 Å². The van der Waals surface area contributed by atoms with Crippen molar-refractivity contribution < 1.29 is 10.5 Å². The molecule has 0 N–H and O–H groups in total. The maximum Gasteiger partial charge on any atom is 0.368 e. The second kappa shape index (κ2) is 5.36. The van der Waals surface area contributed by atoms with Gasteiger partial charge in [-0.25, -0.2) is 9.78 Å². The van der Waals surface area contributed by atoms with Crippen molar-refractivity contribution in [3.8, 4) is 10.9 Å². The van der Waals surface area contributed by atoms with E-state index < -0.39 is 0 Å². The van der Waals surface area contributed by atoms with Crippen molar-refractivity contribution in [2.24, 2.45) is 7.05 Å². The van der Waals surface area contributed by atoms with Gasteiger partial charge < -0.3 is 9.15 Å². The fourth-order valence-corrected chi connectivity index (χ4v) is 2.50. The number of hydrogen-bond acceptors (Lipinski definition) is 7.